The van der Waals surface area contributed by atoms with E-state index in [1.54, 1.807) is 37.6 Å². The number of methoxy groups -OCH3 is 1. The number of pyridine rings is 1. The molecule has 0 amide bonds. The van der Waals surface area contributed by atoms with E-state index in [0.717, 1.165) is 16.7 Å². The van der Waals surface area contributed by atoms with Crippen LogP contribution in [0, 0.1) is 0 Å². The molecule has 3 heteroatoms. The van der Waals surface area contributed by atoms with Crippen LogP contribution in [0.1, 0.15) is 15.9 Å². The minimum atomic E-state index is -0.00810. The van der Waals surface area contributed by atoms with Crippen LogP contribution in [0.15, 0.2) is 60.8 Å². The third-order valence-electron chi connectivity index (χ3n) is 3.24. The van der Waals surface area contributed by atoms with E-state index in [-0.39, 0.29) is 5.78 Å². The number of ether oxygens (including phenoxy) is 1. The summed E-state index contributed by atoms with van der Waals surface area (Å²) in [6, 6.07) is 16.5. The summed E-state index contributed by atoms with van der Waals surface area (Å²) in [7, 11) is 1.60. The van der Waals surface area contributed by atoms with E-state index >= 15 is 0 Å². The van der Waals surface area contributed by atoms with Gasteiger partial charge in [0.1, 0.15) is 5.75 Å². The zero-order valence-corrected chi connectivity index (χ0v) is 11.0. The number of carbonyl (C=O) groups excluding carboxylic acids is 1. The summed E-state index contributed by atoms with van der Waals surface area (Å²) in [5.41, 5.74) is 2.13. The van der Waals surface area contributed by atoms with Crippen molar-refractivity contribution in [3.8, 4) is 5.75 Å². The summed E-state index contributed by atoms with van der Waals surface area (Å²) in [4.78, 5) is 16.9. The van der Waals surface area contributed by atoms with Gasteiger partial charge in [-0.2, -0.15) is 0 Å². The number of hydrogen-bond donors (Lipinski definition) is 0. The highest BCUT2D eigenvalue weighted by molar-refractivity contribution is 6.15. The van der Waals surface area contributed by atoms with Crippen molar-refractivity contribution in [1.82, 2.24) is 4.98 Å². The third-order valence-corrected chi connectivity index (χ3v) is 3.24. The molecule has 0 spiro atoms. The fourth-order valence-electron chi connectivity index (χ4n) is 2.20. The molecule has 0 fully saturated rings. The molecule has 0 aliphatic carbocycles. The second kappa shape index (κ2) is 5.13. The molecule has 20 heavy (non-hydrogen) atoms. The molecule has 0 unspecified atom stereocenters. The minimum absolute atomic E-state index is 0.00810. The van der Waals surface area contributed by atoms with Crippen LogP contribution in [0.3, 0.4) is 0 Å². The van der Waals surface area contributed by atoms with E-state index in [2.05, 4.69) is 4.98 Å². The van der Waals surface area contributed by atoms with Gasteiger partial charge in [-0.05, 0) is 36.4 Å². The molecule has 0 N–H and O–H groups in total. The van der Waals surface area contributed by atoms with E-state index in [1.165, 1.54) is 0 Å². The van der Waals surface area contributed by atoms with Crippen molar-refractivity contribution in [3.05, 3.63) is 71.9 Å². The first-order valence-corrected chi connectivity index (χ1v) is 6.32. The summed E-state index contributed by atoms with van der Waals surface area (Å²) in [6.45, 7) is 0. The van der Waals surface area contributed by atoms with E-state index in [4.69, 9.17) is 4.74 Å². The maximum absolute atomic E-state index is 12.6. The monoisotopic (exact) mass is 263 g/mol. The van der Waals surface area contributed by atoms with Crippen molar-refractivity contribution in [2.24, 2.45) is 0 Å². The molecule has 3 nitrogen and oxygen atoms in total. The minimum Gasteiger partial charge on any atom is -0.497 e. The smallest absolute Gasteiger partial charge is 0.193 e. The topological polar surface area (TPSA) is 39.2 Å². The average molecular weight is 263 g/mol. The summed E-state index contributed by atoms with van der Waals surface area (Å²) in [6.07, 6.45) is 1.73. The fourth-order valence-corrected chi connectivity index (χ4v) is 2.20. The number of ketones is 1. The number of carbonyl (C=O) groups is 1. The van der Waals surface area contributed by atoms with Gasteiger partial charge in [0.2, 0.25) is 0 Å². The Hall–Kier alpha value is -2.68. The molecule has 0 aliphatic heterocycles. The molecule has 2 aromatic carbocycles. The molecule has 98 valence electrons. The van der Waals surface area contributed by atoms with Crippen molar-refractivity contribution in [2.45, 2.75) is 0 Å². The molecule has 3 rings (SSSR count). The lowest BCUT2D eigenvalue weighted by Gasteiger charge is -2.06. The number of rotatable bonds is 3. The second-order valence-corrected chi connectivity index (χ2v) is 4.43. The van der Waals surface area contributed by atoms with Gasteiger partial charge in [0.15, 0.2) is 5.78 Å². The Morgan fingerprint density at radius 3 is 2.55 bits per heavy atom. The maximum Gasteiger partial charge on any atom is 0.193 e. The Kier molecular flexibility index (Phi) is 3.17. The maximum atomic E-state index is 12.6. The van der Waals surface area contributed by atoms with Gasteiger partial charge >= 0.3 is 0 Å². The molecular formula is C17H13NO2. The van der Waals surface area contributed by atoms with Gasteiger partial charge in [0, 0.05) is 22.7 Å². The molecule has 1 heterocycles. The molecule has 0 radical (unpaired) electrons. The van der Waals surface area contributed by atoms with Gasteiger partial charge in [0.05, 0.1) is 12.6 Å². The van der Waals surface area contributed by atoms with E-state index in [1.807, 2.05) is 30.3 Å². The van der Waals surface area contributed by atoms with Crippen LogP contribution in [-0.4, -0.2) is 17.9 Å². The van der Waals surface area contributed by atoms with Crippen molar-refractivity contribution >= 4 is 16.7 Å². The molecule has 1 aromatic heterocycles. The van der Waals surface area contributed by atoms with Crippen molar-refractivity contribution in [3.63, 3.8) is 0 Å². The summed E-state index contributed by atoms with van der Waals surface area (Å²) in [5, 5.41) is 0.871. The van der Waals surface area contributed by atoms with Crippen LogP contribution >= 0.6 is 0 Å². The molecule has 0 atom stereocenters. The van der Waals surface area contributed by atoms with Gasteiger partial charge < -0.3 is 4.74 Å². The van der Waals surface area contributed by atoms with Crippen LogP contribution in [0.25, 0.3) is 10.9 Å². The number of hydrogen-bond acceptors (Lipinski definition) is 3. The largest absolute Gasteiger partial charge is 0.497 e. The van der Waals surface area contributed by atoms with E-state index < -0.39 is 0 Å². The average Bonchev–Trinajstić information content (AvgIpc) is 2.54. The summed E-state index contributed by atoms with van der Waals surface area (Å²) < 4.78 is 5.10. The molecule has 0 bridgehead atoms. The van der Waals surface area contributed by atoms with E-state index in [0.29, 0.717) is 11.1 Å². The zero-order chi connectivity index (χ0) is 13.9. The number of benzene rings is 2. The standard InChI is InChI=1S/C17H13NO2/c1-20-13-9-7-12(8-10-13)17(19)15-4-2-6-16-14(15)5-3-11-18-16/h2-11H,1H3. The Labute approximate surface area is 116 Å². The van der Waals surface area contributed by atoms with Gasteiger partial charge in [-0.1, -0.05) is 18.2 Å². The highest BCUT2D eigenvalue weighted by Crippen LogP contribution is 2.21. The predicted octanol–water partition coefficient (Wildman–Crippen LogP) is 3.47. The first-order chi connectivity index (χ1) is 9.79. The Morgan fingerprint density at radius 2 is 1.80 bits per heavy atom. The summed E-state index contributed by atoms with van der Waals surface area (Å²) in [5.74, 6) is 0.729. The van der Waals surface area contributed by atoms with Crippen LogP contribution in [0.2, 0.25) is 0 Å². The fraction of sp³-hybridized carbons (Fsp3) is 0.0588. The van der Waals surface area contributed by atoms with Crippen molar-refractivity contribution in [2.75, 3.05) is 7.11 Å². The van der Waals surface area contributed by atoms with Gasteiger partial charge in [-0.3, -0.25) is 9.78 Å². The summed E-state index contributed by atoms with van der Waals surface area (Å²) >= 11 is 0. The molecule has 3 aromatic rings. The second-order valence-electron chi connectivity index (χ2n) is 4.43. The van der Waals surface area contributed by atoms with Crippen molar-refractivity contribution < 1.29 is 9.53 Å². The van der Waals surface area contributed by atoms with Gasteiger partial charge in [-0.25, -0.2) is 0 Å². The number of aromatic nitrogens is 1. The number of fused-ring (bicyclic) bond motifs is 1. The Morgan fingerprint density at radius 1 is 1.00 bits per heavy atom. The molecule has 0 saturated carbocycles. The van der Waals surface area contributed by atoms with Gasteiger partial charge in [-0.15, -0.1) is 0 Å². The SMILES string of the molecule is COc1ccc(C(=O)c2cccc3ncccc23)cc1. The quantitative estimate of drug-likeness (QED) is 0.679. The highest BCUT2D eigenvalue weighted by atomic mass is 16.5. The highest BCUT2D eigenvalue weighted by Gasteiger charge is 2.12. The Balaban J connectivity index is 2.07. The van der Waals surface area contributed by atoms with Gasteiger partial charge in [0.25, 0.3) is 0 Å². The first kappa shape index (κ1) is 12.4. The normalized spacial score (nSPS) is 10.4. The molecule has 0 aliphatic rings. The van der Waals surface area contributed by atoms with Crippen LogP contribution in [-0.2, 0) is 0 Å². The predicted molar refractivity (Wildman–Crippen MR) is 78.2 cm³/mol. The van der Waals surface area contributed by atoms with Crippen LogP contribution in [0.5, 0.6) is 5.75 Å². The van der Waals surface area contributed by atoms with E-state index in [9.17, 15) is 4.79 Å². The lowest BCUT2D eigenvalue weighted by molar-refractivity contribution is 0.104. The third kappa shape index (κ3) is 2.14. The van der Waals surface area contributed by atoms with Crippen LogP contribution < -0.4 is 4.74 Å². The number of nitrogens with zero attached hydrogens (tertiary/aromatic N) is 1. The Bertz CT molecular complexity index is 758. The lowest BCUT2D eigenvalue weighted by Crippen LogP contribution is -2.02. The van der Waals surface area contributed by atoms with Crippen molar-refractivity contribution in [1.29, 1.82) is 0 Å². The zero-order valence-electron chi connectivity index (χ0n) is 11.0. The first-order valence-electron chi connectivity index (χ1n) is 6.32. The lowest BCUT2D eigenvalue weighted by atomic mass is 9.99. The van der Waals surface area contributed by atoms with Crippen LogP contribution in [0.4, 0.5) is 0 Å². The molecular weight excluding hydrogens is 250 g/mol. The molecule has 0 saturated heterocycles.